The smallest absolute Gasteiger partial charge is 0.271 e. The molecule has 0 saturated carbocycles. The monoisotopic (exact) mass is 306 g/mol. The van der Waals surface area contributed by atoms with Crippen LogP contribution in [0.2, 0.25) is 0 Å². The van der Waals surface area contributed by atoms with Crippen LogP contribution in [0.3, 0.4) is 0 Å². The van der Waals surface area contributed by atoms with Gasteiger partial charge in [-0.3, -0.25) is 4.79 Å². The van der Waals surface area contributed by atoms with E-state index in [1.807, 2.05) is 5.48 Å². The van der Waals surface area contributed by atoms with Gasteiger partial charge in [0.05, 0.1) is 4.88 Å². The van der Waals surface area contributed by atoms with E-state index in [0.717, 1.165) is 11.3 Å². The molecule has 104 valence electrons. The van der Waals surface area contributed by atoms with Crippen molar-refractivity contribution in [1.82, 2.24) is 15.8 Å². The Labute approximate surface area is 111 Å². The minimum atomic E-state index is -3.98. The molecule has 0 saturated heterocycles. The molecule has 0 spiro atoms. The number of hydrazone groups is 1. The van der Waals surface area contributed by atoms with Crippen molar-refractivity contribution in [3.63, 3.8) is 0 Å². The average Bonchev–Trinajstić information content (AvgIpc) is 2.97. The Morgan fingerprint density at radius 2 is 2.11 bits per heavy atom. The Morgan fingerprint density at radius 1 is 1.42 bits per heavy atom. The van der Waals surface area contributed by atoms with E-state index in [0.29, 0.717) is 4.88 Å². The van der Waals surface area contributed by atoms with E-state index in [9.17, 15) is 13.2 Å². The molecule has 1 unspecified atom stereocenters. The first kappa shape index (κ1) is 14.0. The van der Waals surface area contributed by atoms with Crippen molar-refractivity contribution in [2.75, 3.05) is 0 Å². The fourth-order valence-electron chi connectivity index (χ4n) is 1.48. The number of hydrogen-bond acceptors (Lipinski definition) is 8. The fourth-order valence-corrected chi connectivity index (χ4v) is 3.47. The maximum absolute atomic E-state index is 11.6. The summed E-state index contributed by atoms with van der Waals surface area (Å²) in [5, 5.41) is 21.4. The number of carbonyl (C=O) groups is 1. The molecule has 0 radical (unpaired) electrons. The molecule has 5 N–H and O–H groups in total. The molecule has 1 atom stereocenters. The summed E-state index contributed by atoms with van der Waals surface area (Å²) in [5.74, 6) is -0.567. The molecule has 9 nitrogen and oxygen atoms in total. The van der Waals surface area contributed by atoms with Gasteiger partial charge in [0.25, 0.3) is 15.9 Å². The highest BCUT2D eigenvalue weighted by molar-refractivity contribution is 7.91. The average molecular weight is 306 g/mol. The van der Waals surface area contributed by atoms with Crippen LogP contribution in [-0.4, -0.2) is 36.0 Å². The second-order valence-electron chi connectivity index (χ2n) is 3.85. The number of hydroxylamine groups is 1. The lowest BCUT2D eigenvalue weighted by Gasteiger charge is -2.19. The highest BCUT2D eigenvalue weighted by atomic mass is 32.2. The van der Waals surface area contributed by atoms with Gasteiger partial charge in [-0.1, -0.05) is 4.89 Å². The van der Waals surface area contributed by atoms with E-state index in [2.05, 4.69) is 10.5 Å². The first-order valence-corrected chi connectivity index (χ1v) is 7.21. The molecule has 1 aliphatic rings. The molecule has 0 bridgehead atoms. The molecule has 0 fully saturated rings. The Morgan fingerprint density at radius 3 is 2.68 bits per heavy atom. The second-order valence-corrected chi connectivity index (χ2v) is 6.82. The van der Waals surface area contributed by atoms with Crippen molar-refractivity contribution in [1.29, 1.82) is 0 Å². The van der Waals surface area contributed by atoms with Crippen LogP contribution in [0.5, 0.6) is 0 Å². The van der Waals surface area contributed by atoms with Gasteiger partial charge in [-0.15, -0.1) is 11.3 Å². The number of sulfonamides is 1. The van der Waals surface area contributed by atoms with Crippen LogP contribution in [0.25, 0.3) is 0 Å². The third-order valence-electron chi connectivity index (χ3n) is 2.62. The summed E-state index contributed by atoms with van der Waals surface area (Å²) in [4.78, 5) is 13.1. The number of carbonyl (C=O) groups excluding carboxylic acids is 1. The van der Waals surface area contributed by atoms with E-state index in [1.54, 1.807) is 0 Å². The van der Waals surface area contributed by atoms with Crippen LogP contribution < -0.4 is 15.8 Å². The van der Waals surface area contributed by atoms with Crippen LogP contribution in [0, 0.1) is 0 Å². The summed E-state index contributed by atoms with van der Waals surface area (Å²) < 4.78 is 22.6. The van der Waals surface area contributed by atoms with E-state index < -0.39 is 21.5 Å². The van der Waals surface area contributed by atoms with Crippen LogP contribution in [-0.2, 0) is 14.8 Å². The van der Waals surface area contributed by atoms with Gasteiger partial charge in [-0.05, 0) is 19.1 Å². The molecule has 2 heterocycles. The summed E-state index contributed by atoms with van der Waals surface area (Å²) in [6.07, 6.45) is 0. The lowest BCUT2D eigenvalue weighted by molar-refractivity contribution is -0.126. The topological polar surface area (TPSA) is 140 Å². The molecule has 1 amide bonds. The van der Waals surface area contributed by atoms with E-state index in [-0.39, 0.29) is 9.92 Å². The van der Waals surface area contributed by atoms with Crippen molar-refractivity contribution in [2.24, 2.45) is 5.10 Å². The van der Waals surface area contributed by atoms with Gasteiger partial charge in [0.1, 0.15) is 9.92 Å². The lowest BCUT2D eigenvalue weighted by Crippen LogP contribution is -2.53. The molecule has 1 aromatic rings. The molecular weight excluding hydrogens is 296 g/mol. The van der Waals surface area contributed by atoms with Gasteiger partial charge >= 0.3 is 0 Å². The van der Waals surface area contributed by atoms with E-state index in [1.165, 1.54) is 23.9 Å². The standard InChI is InChI=1S/C8H10N4O5S2/c1-8(11-14)6(9-10-7(8)13)4-2-3-5(18-4)19(16,17)12-15/h2-3,11-12,14-15H,1H3,(H,10,13). The van der Waals surface area contributed by atoms with Crippen molar-refractivity contribution in [3.8, 4) is 0 Å². The minimum absolute atomic E-state index is 0.146. The van der Waals surface area contributed by atoms with Gasteiger partial charge < -0.3 is 10.4 Å². The number of thiophene rings is 1. The van der Waals surface area contributed by atoms with Gasteiger partial charge in [-0.2, -0.15) is 10.6 Å². The zero-order chi connectivity index (χ0) is 14.3. The predicted molar refractivity (Wildman–Crippen MR) is 64.4 cm³/mol. The Hall–Kier alpha value is -1.37. The first-order chi connectivity index (χ1) is 8.85. The van der Waals surface area contributed by atoms with E-state index in [4.69, 9.17) is 10.4 Å². The summed E-state index contributed by atoms with van der Waals surface area (Å²) in [6.45, 7) is 1.40. The SMILES string of the molecule is CC1(NO)C(=O)NN=C1c1ccc(S(=O)(=O)NO)s1. The lowest BCUT2D eigenvalue weighted by atomic mass is 9.96. The summed E-state index contributed by atoms with van der Waals surface area (Å²) in [7, 11) is -3.98. The van der Waals surface area contributed by atoms with Crippen LogP contribution >= 0.6 is 11.3 Å². The Balaban J connectivity index is 2.43. The van der Waals surface area contributed by atoms with Crippen molar-refractivity contribution < 1.29 is 23.6 Å². The fraction of sp³-hybridized carbons (Fsp3) is 0.250. The minimum Gasteiger partial charge on any atom is -0.315 e. The Kier molecular flexibility index (Phi) is 3.42. The number of nitrogens with zero attached hydrogens (tertiary/aromatic N) is 1. The van der Waals surface area contributed by atoms with Crippen molar-refractivity contribution in [2.45, 2.75) is 16.7 Å². The molecule has 0 aliphatic carbocycles. The zero-order valence-corrected chi connectivity index (χ0v) is 11.2. The molecular formula is C8H10N4O5S2. The molecule has 19 heavy (non-hydrogen) atoms. The largest absolute Gasteiger partial charge is 0.315 e. The highest BCUT2D eigenvalue weighted by Crippen LogP contribution is 2.27. The predicted octanol–water partition coefficient (Wildman–Crippen LogP) is -1.01. The number of nitrogens with one attached hydrogen (secondary N) is 3. The molecule has 0 aromatic carbocycles. The summed E-state index contributed by atoms with van der Waals surface area (Å²) in [5.41, 5.74) is 2.74. The maximum atomic E-state index is 11.6. The molecule has 2 rings (SSSR count). The molecule has 1 aliphatic heterocycles. The normalized spacial score (nSPS) is 23.3. The van der Waals surface area contributed by atoms with Gasteiger partial charge in [0.15, 0.2) is 5.54 Å². The third-order valence-corrected chi connectivity index (χ3v) is 5.32. The van der Waals surface area contributed by atoms with Crippen LogP contribution in [0.15, 0.2) is 21.4 Å². The first-order valence-electron chi connectivity index (χ1n) is 4.91. The quantitative estimate of drug-likeness (QED) is 0.451. The van der Waals surface area contributed by atoms with Crippen molar-refractivity contribution >= 4 is 33.0 Å². The van der Waals surface area contributed by atoms with Crippen molar-refractivity contribution in [3.05, 3.63) is 17.0 Å². The maximum Gasteiger partial charge on any atom is 0.271 e. The molecule has 11 heteroatoms. The number of hydrogen-bond donors (Lipinski definition) is 5. The van der Waals surface area contributed by atoms with Crippen LogP contribution in [0.4, 0.5) is 0 Å². The van der Waals surface area contributed by atoms with E-state index >= 15 is 0 Å². The second kappa shape index (κ2) is 4.63. The number of amides is 1. The van der Waals surface area contributed by atoms with Gasteiger partial charge in [0.2, 0.25) is 0 Å². The van der Waals surface area contributed by atoms with Crippen LogP contribution in [0.1, 0.15) is 11.8 Å². The number of rotatable bonds is 4. The van der Waals surface area contributed by atoms with Gasteiger partial charge in [0, 0.05) is 0 Å². The molecule has 1 aromatic heterocycles. The zero-order valence-electron chi connectivity index (χ0n) is 9.54. The Bertz CT molecular complexity index is 652. The highest BCUT2D eigenvalue weighted by Gasteiger charge is 2.44. The third kappa shape index (κ3) is 2.16. The van der Waals surface area contributed by atoms with Gasteiger partial charge in [-0.25, -0.2) is 13.8 Å². The summed E-state index contributed by atoms with van der Waals surface area (Å²) >= 11 is 0.797. The summed E-state index contributed by atoms with van der Waals surface area (Å²) in [6, 6.07) is 2.67.